The molecule has 2 N–H and O–H groups in total. The second-order valence-electron chi connectivity index (χ2n) is 4.11. The van der Waals surface area contributed by atoms with Crippen LogP contribution in [0, 0.1) is 0 Å². The Hall–Kier alpha value is -0.550. The highest BCUT2D eigenvalue weighted by Crippen LogP contribution is 2.24. The standard InChI is InChI=1S/C9H17N3OS/c1-9(2,3)7-11-12-8(13-7)14-6-4-5-10/h4-6,10H2,1-3H3. The van der Waals surface area contributed by atoms with Crippen molar-refractivity contribution in [1.29, 1.82) is 0 Å². The second kappa shape index (κ2) is 4.79. The molecule has 0 unspecified atom stereocenters. The zero-order chi connectivity index (χ0) is 10.6. The normalized spacial score (nSPS) is 12.0. The zero-order valence-electron chi connectivity index (χ0n) is 8.91. The summed E-state index contributed by atoms with van der Waals surface area (Å²) in [5.74, 6) is 1.62. The van der Waals surface area contributed by atoms with Gasteiger partial charge in [0, 0.05) is 11.2 Å². The Kier molecular flexibility index (Phi) is 3.95. The van der Waals surface area contributed by atoms with Crippen molar-refractivity contribution in [3.63, 3.8) is 0 Å². The zero-order valence-corrected chi connectivity index (χ0v) is 9.73. The third-order valence-electron chi connectivity index (χ3n) is 1.62. The van der Waals surface area contributed by atoms with Crippen LogP contribution in [0.4, 0.5) is 0 Å². The van der Waals surface area contributed by atoms with Crippen LogP contribution in [0.5, 0.6) is 0 Å². The lowest BCUT2D eigenvalue weighted by Crippen LogP contribution is -2.11. The first kappa shape index (κ1) is 11.5. The fraction of sp³-hybridized carbons (Fsp3) is 0.778. The monoisotopic (exact) mass is 215 g/mol. The van der Waals surface area contributed by atoms with Crippen LogP contribution in [0.15, 0.2) is 9.64 Å². The van der Waals surface area contributed by atoms with E-state index >= 15 is 0 Å². The third-order valence-corrected chi connectivity index (χ3v) is 2.53. The summed E-state index contributed by atoms with van der Waals surface area (Å²) >= 11 is 1.56. The van der Waals surface area contributed by atoms with Crippen molar-refractivity contribution >= 4 is 11.8 Å². The Morgan fingerprint density at radius 2 is 2.07 bits per heavy atom. The quantitative estimate of drug-likeness (QED) is 0.613. The van der Waals surface area contributed by atoms with E-state index in [9.17, 15) is 0 Å². The lowest BCUT2D eigenvalue weighted by molar-refractivity contribution is 0.347. The van der Waals surface area contributed by atoms with E-state index in [4.69, 9.17) is 10.2 Å². The van der Waals surface area contributed by atoms with Gasteiger partial charge >= 0.3 is 0 Å². The number of thioether (sulfide) groups is 1. The maximum Gasteiger partial charge on any atom is 0.276 e. The summed E-state index contributed by atoms with van der Waals surface area (Å²) in [6.07, 6.45) is 0.970. The molecule has 5 heteroatoms. The fourth-order valence-electron chi connectivity index (χ4n) is 0.814. The Bertz CT molecular complexity index is 280. The molecule has 14 heavy (non-hydrogen) atoms. The van der Waals surface area contributed by atoms with Crippen molar-refractivity contribution in [1.82, 2.24) is 10.2 Å². The highest BCUT2D eigenvalue weighted by Gasteiger charge is 2.21. The molecule has 0 bridgehead atoms. The first-order valence-electron chi connectivity index (χ1n) is 4.71. The van der Waals surface area contributed by atoms with Crippen molar-refractivity contribution in [2.45, 2.75) is 37.8 Å². The van der Waals surface area contributed by atoms with Crippen LogP contribution in [0.25, 0.3) is 0 Å². The molecular weight excluding hydrogens is 198 g/mol. The SMILES string of the molecule is CC(C)(C)c1nnc(SCCCN)o1. The largest absolute Gasteiger partial charge is 0.415 e. The van der Waals surface area contributed by atoms with E-state index in [1.807, 2.05) is 0 Å². The molecule has 0 fully saturated rings. The van der Waals surface area contributed by atoms with E-state index in [0.717, 1.165) is 12.2 Å². The highest BCUT2D eigenvalue weighted by molar-refractivity contribution is 7.99. The number of nitrogens with zero attached hydrogens (tertiary/aromatic N) is 2. The predicted molar refractivity (Wildman–Crippen MR) is 57.4 cm³/mol. The van der Waals surface area contributed by atoms with Gasteiger partial charge in [-0.1, -0.05) is 32.5 Å². The average molecular weight is 215 g/mol. The summed E-state index contributed by atoms with van der Waals surface area (Å²) in [6, 6.07) is 0. The Morgan fingerprint density at radius 3 is 2.57 bits per heavy atom. The van der Waals surface area contributed by atoms with Crippen molar-refractivity contribution < 1.29 is 4.42 Å². The molecule has 1 heterocycles. The van der Waals surface area contributed by atoms with Gasteiger partial charge in [0.1, 0.15) is 0 Å². The summed E-state index contributed by atoms with van der Waals surface area (Å²) in [5, 5.41) is 8.60. The molecule has 0 saturated heterocycles. The first-order chi connectivity index (χ1) is 6.54. The van der Waals surface area contributed by atoms with E-state index in [1.54, 1.807) is 11.8 Å². The summed E-state index contributed by atoms with van der Waals surface area (Å²) in [6.45, 7) is 6.85. The highest BCUT2D eigenvalue weighted by atomic mass is 32.2. The molecule has 0 radical (unpaired) electrons. The smallest absolute Gasteiger partial charge is 0.276 e. The molecule has 1 rings (SSSR count). The molecule has 1 aromatic rings. The summed E-state index contributed by atoms with van der Waals surface area (Å²) in [4.78, 5) is 0. The van der Waals surface area contributed by atoms with Crippen molar-refractivity contribution in [3.8, 4) is 0 Å². The topological polar surface area (TPSA) is 64.9 Å². The predicted octanol–water partition coefficient (Wildman–Crippen LogP) is 1.81. The average Bonchev–Trinajstić information content (AvgIpc) is 2.52. The van der Waals surface area contributed by atoms with Crippen LogP contribution in [0.3, 0.4) is 0 Å². The lowest BCUT2D eigenvalue weighted by atomic mass is 9.97. The van der Waals surface area contributed by atoms with Gasteiger partial charge in [-0.25, -0.2) is 0 Å². The number of hydrogen-bond acceptors (Lipinski definition) is 5. The van der Waals surface area contributed by atoms with Gasteiger partial charge in [-0.15, -0.1) is 10.2 Å². The van der Waals surface area contributed by atoms with E-state index in [-0.39, 0.29) is 5.41 Å². The van der Waals surface area contributed by atoms with Crippen molar-refractivity contribution in [2.24, 2.45) is 5.73 Å². The summed E-state index contributed by atoms with van der Waals surface area (Å²) in [5.41, 5.74) is 5.32. The molecule has 0 amide bonds. The minimum Gasteiger partial charge on any atom is -0.415 e. The van der Waals surface area contributed by atoms with E-state index in [1.165, 1.54) is 0 Å². The minimum atomic E-state index is -0.0698. The number of nitrogens with two attached hydrogens (primary N) is 1. The van der Waals surface area contributed by atoms with Crippen LogP contribution >= 0.6 is 11.8 Å². The summed E-state index contributed by atoms with van der Waals surface area (Å²) < 4.78 is 5.49. The maximum absolute atomic E-state index is 5.49. The van der Waals surface area contributed by atoms with E-state index in [2.05, 4.69) is 31.0 Å². The van der Waals surface area contributed by atoms with E-state index < -0.39 is 0 Å². The first-order valence-corrected chi connectivity index (χ1v) is 5.69. The molecular formula is C9H17N3OS. The lowest BCUT2D eigenvalue weighted by Gasteiger charge is -2.10. The van der Waals surface area contributed by atoms with Gasteiger partial charge in [-0.05, 0) is 13.0 Å². The number of aromatic nitrogens is 2. The minimum absolute atomic E-state index is 0.0698. The molecule has 0 aliphatic heterocycles. The molecule has 0 aliphatic rings. The Morgan fingerprint density at radius 1 is 1.36 bits per heavy atom. The maximum atomic E-state index is 5.49. The van der Waals surface area contributed by atoms with Crippen LogP contribution in [-0.4, -0.2) is 22.5 Å². The van der Waals surface area contributed by atoms with E-state index in [0.29, 0.717) is 17.7 Å². The molecule has 4 nitrogen and oxygen atoms in total. The van der Waals surface area contributed by atoms with Gasteiger partial charge < -0.3 is 10.2 Å². The van der Waals surface area contributed by atoms with Gasteiger partial charge in [0.2, 0.25) is 5.89 Å². The molecule has 0 atom stereocenters. The Balaban J connectivity index is 2.51. The number of hydrogen-bond donors (Lipinski definition) is 1. The van der Waals surface area contributed by atoms with Gasteiger partial charge in [-0.3, -0.25) is 0 Å². The van der Waals surface area contributed by atoms with Crippen LogP contribution in [0.1, 0.15) is 33.1 Å². The van der Waals surface area contributed by atoms with Crippen molar-refractivity contribution in [2.75, 3.05) is 12.3 Å². The van der Waals surface area contributed by atoms with Crippen LogP contribution in [0.2, 0.25) is 0 Å². The molecule has 0 aliphatic carbocycles. The molecule has 1 aromatic heterocycles. The molecule has 0 spiro atoms. The summed E-state index contributed by atoms with van der Waals surface area (Å²) in [7, 11) is 0. The van der Waals surface area contributed by atoms with Crippen LogP contribution in [-0.2, 0) is 5.41 Å². The molecule has 0 aromatic carbocycles. The van der Waals surface area contributed by atoms with Crippen molar-refractivity contribution in [3.05, 3.63) is 5.89 Å². The fourth-order valence-corrected chi connectivity index (χ4v) is 1.54. The van der Waals surface area contributed by atoms with Gasteiger partial charge in [-0.2, -0.15) is 0 Å². The number of rotatable bonds is 4. The van der Waals surface area contributed by atoms with Gasteiger partial charge in [0.25, 0.3) is 5.22 Å². The molecule has 80 valence electrons. The Labute approximate surface area is 88.7 Å². The van der Waals surface area contributed by atoms with Gasteiger partial charge in [0.15, 0.2) is 0 Å². The second-order valence-corrected chi connectivity index (χ2v) is 5.16. The molecule has 0 saturated carbocycles. The van der Waals surface area contributed by atoms with Crippen LogP contribution < -0.4 is 5.73 Å². The van der Waals surface area contributed by atoms with Gasteiger partial charge in [0.05, 0.1) is 0 Å². The third kappa shape index (κ3) is 3.31.